The number of hydrogen-bond donors (Lipinski definition) is 8. The van der Waals surface area contributed by atoms with Crippen LogP contribution in [0.4, 0.5) is 0 Å². The molecule has 17 heteroatoms. The van der Waals surface area contributed by atoms with E-state index in [-0.39, 0.29) is 44.2 Å². The van der Waals surface area contributed by atoms with Crippen molar-refractivity contribution in [2.24, 2.45) is 16.5 Å². The predicted molar refractivity (Wildman–Crippen MR) is 191 cm³/mol. The first-order chi connectivity index (χ1) is 25.4. The van der Waals surface area contributed by atoms with Crippen molar-refractivity contribution in [3.63, 3.8) is 0 Å². The van der Waals surface area contributed by atoms with Crippen molar-refractivity contribution in [1.82, 2.24) is 31.1 Å². The molecule has 3 aliphatic heterocycles. The van der Waals surface area contributed by atoms with Gasteiger partial charge in [-0.2, -0.15) is 4.99 Å². The second kappa shape index (κ2) is 17.1. The number of phenolic OH excluding ortho intramolecular Hbond substituents is 1. The Hall–Kier alpha value is -5.81. The van der Waals surface area contributed by atoms with Crippen molar-refractivity contribution in [3.05, 3.63) is 77.9 Å². The van der Waals surface area contributed by atoms with Crippen molar-refractivity contribution in [3.8, 4) is 5.75 Å². The summed E-state index contributed by atoms with van der Waals surface area (Å²) in [7, 11) is 0. The van der Waals surface area contributed by atoms with E-state index in [9.17, 15) is 39.0 Å². The number of benzene rings is 2. The van der Waals surface area contributed by atoms with Crippen LogP contribution in [-0.2, 0) is 41.6 Å². The minimum Gasteiger partial charge on any atom is -0.508 e. The number of aliphatic hydroxyl groups is 1. The Balaban J connectivity index is 1.20. The summed E-state index contributed by atoms with van der Waals surface area (Å²) in [5.74, 6) is -3.19. The van der Waals surface area contributed by atoms with Gasteiger partial charge in [0, 0.05) is 25.7 Å². The Kier molecular flexibility index (Phi) is 12.4. The van der Waals surface area contributed by atoms with Crippen LogP contribution in [0.25, 0.3) is 0 Å². The maximum Gasteiger partial charge on any atom is 0.304 e. The topological polar surface area (TPSA) is 262 Å². The summed E-state index contributed by atoms with van der Waals surface area (Å²) in [6, 6.07) is 10.9. The Morgan fingerprint density at radius 3 is 2.42 bits per heavy atom. The van der Waals surface area contributed by atoms with Crippen molar-refractivity contribution in [2.45, 2.75) is 74.5 Å². The number of aromatic hydroxyl groups is 1. The highest BCUT2D eigenvalue weighted by atomic mass is 16.3. The van der Waals surface area contributed by atoms with Crippen molar-refractivity contribution >= 4 is 41.9 Å². The minimum atomic E-state index is -2.12. The highest BCUT2D eigenvalue weighted by Crippen LogP contribution is 2.32. The van der Waals surface area contributed by atoms with E-state index in [1.54, 1.807) is 12.1 Å². The predicted octanol–water partition coefficient (Wildman–Crippen LogP) is -2.11. The van der Waals surface area contributed by atoms with Gasteiger partial charge in [0.05, 0.1) is 18.1 Å². The van der Waals surface area contributed by atoms with Gasteiger partial charge in [-0.05, 0) is 61.8 Å². The van der Waals surface area contributed by atoms with E-state index in [2.05, 4.69) is 26.3 Å². The van der Waals surface area contributed by atoms with Crippen LogP contribution in [0, 0.1) is 0 Å². The summed E-state index contributed by atoms with van der Waals surface area (Å²) in [6.07, 6.45) is 5.14. The molecular formula is C36H45N9O8. The van der Waals surface area contributed by atoms with Gasteiger partial charge in [-0.15, -0.1) is 0 Å². The third-order valence-electron chi connectivity index (χ3n) is 9.62. The fourth-order valence-corrected chi connectivity index (χ4v) is 6.83. The summed E-state index contributed by atoms with van der Waals surface area (Å²) in [5.41, 5.74) is 11.5. The lowest BCUT2D eigenvalue weighted by Gasteiger charge is -2.43. The van der Waals surface area contributed by atoms with Gasteiger partial charge in [0.25, 0.3) is 0 Å². The van der Waals surface area contributed by atoms with E-state index in [0.717, 1.165) is 11.1 Å². The summed E-state index contributed by atoms with van der Waals surface area (Å²) >= 11 is 0. The number of amides is 6. The number of nitrogens with two attached hydrogens (primary N) is 2. The summed E-state index contributed by atoms with van der Waals surface area (Å²) < 4.78 is 0. The maximum atomic E-state index is 13.6. The van der Waals surface area contributed by atoms with Gasteiger partial charge in [-0.25, -0.2) is 0 Å². The van der Waals surface area contributed by atoms with E-state index < -0.39 is 65.5 Å². The van der Waals surface area contributed by atoms with Crippen molar-refractivity contribution < 1.29 is 39.0 Å². The van der Waals surface area contributed by atoms with Gasteiger partial charge in [0.15, 0.2) is 0 Å². The number of rotatable bonds is 15. The van der Waals surface area contributed by atoms with Crippen LogP contribution >= 0.6 is 0 Å². The lowest BCUT2D eigenvalue weighted by atomic mass is 9.92. The Bertz CT molecular complexity index is 1740. The average Bonchev–Trinajstić information content (AvgIpc) is 3.72. The first kappa shape index (κ1) is 38.4. The summed E-state index contributed by atoms with van der Waals surface area (Å²) in [4.78, 5) is 83.4. The van der Waals surface area contributed by atoms with Crippen LogP contribution in [0.2, 0.25) is 0 Å². The molecule has 0 radical (unpaired) electrons. The highest BCUT2D eigenvalue weighted by Gasteiger charge is 2.57. The molecule has 6 amide bonds. The molecule has 0 spiro atoms. The molecule has 0 aromatic heterocycles. The first-order valence-corrected chi connectivity index (χ1v) is 17.4. The highest BCUT2D eigenvalue weighted by molar-refractivity contribution is 6.05. The minimum absolute atomic E-state index is 0.0726. The molecule has 2 aromatic rings. The molecule has 10 N–H and O–H groups in total. The Labute approximate surface area is 305 Å². The molecular weight excluding hydrogens is 686 g/mol. The molecule has 6 atom stereocenters. The van der Waals surface area contributed by atoms with Crippen molar-refractivity contribution in [2.75, 3.05) is 19.6 Å². The van der Waals surface area contributed by atoms with Crippen molar-refractivity contribution in [1.29, 1.82) is 0 Å². The van der Waals surface area contributed by atoms with Crippen LogP contribution in [0.15, 0.2) is 71.7 Å². The number of carbonyl (C=O) groups is 6. The number of carbonyl (C=O) groups excluding carboxylic acids is 6. The molecule has 2 aromatic carbocycles. The molecule has 3 aliphatic rings. The molecule has 0 aliphatic carbocycles. The summed E-state index contributed by atoms with van der Waals surface area (Å²) in [6.45, 7) is 0.169. The number of piperidine rings is 1. The van der Waals surface area contributed by atoms with Crippen LogP contribution < -0.4 is 32.7 Å². The number of aliphatic imine (C=N–C) groups is 1. The van der Waals surface area contributed by atoms with E-state index in [1.807, 2.05) is 30.3 Å². The second-order valence-electron chi connectivity index (χ2n) is 13.3. The third kappa shape index (κ3) is 9.17. The van der Waals surface area contributed by atoms with Crippen LogP contribution in [0.3, 0.4) is 0 Å². The van der Waals surface area contributed by atoms with Gasteiger partial charge in [0.1, 0.15) is 17.8 Å². The molecule has 0 bridgehead atoms. The maximum absolute atomic E-state index is 13.6. The van der Waals surface area contributed by atoms with Crippen LogP contribution in [0.5, 0.6) is 5.75 Å². The number of guanidine groups is 1. The molecule has 2 fully saturated rings. The van der Waals surface area contributed by atoms with E-state index in [1.165, 1.54) is 34.1 Å². The van der Waals surface area contributed by atoms with E-state index in [4.69, 9.17) is 11.5 Å². The average molecular weight is 732 g/mol. The van der Waals surface area contributed by atoms with Gasteiger partial charge < -0.3 is 52.7 Å². The quantitative estimate of drug-likeness (QED) is 0.0726. The molecule has 2 saturated heterocycles. The SMILES string of the molecule is NC1=NC(=O)[C@]2(O)[C@@H](NC(=O)[C@H]3CCCN3C(=O)[C@H](CNC(=O)/C=C/[C@H](Cc3ccc(O)cc3)NC(=O)[C@H](N)Cc3ccccc3)NC=O)CCCN12. The standard InChI is InChI=1S/C36H45N9O8/c37-26(19-22-6-2-1-3-7-22)31(49)41-24(18-23-10-13-25(47)14-11-23)12-15-30(48)39-20-27(40-21-46)33(51)44-16-4-8-28(44)32(50)42-29-9-5-17-45-35(38)43-34(52)36(29,45)53/h1-3,6-7,10-15,21,24,26-29,47,53H,4-5,8-9,16-20,37H2,(H,39,48)(H,40,46)(H,41,49)(H,42,50)(H2,38,43,52)/b15-12+/t24-,26-,27+,28-,29+,36-/m1/s1. The van der Waals surface area contributed by atoms with E-state index in [0.29, 0.717) is 32.1 Å². The molecule has 0 saturated carbocycles. The second-order valence-corrected chi connectivity index (χ2v) is 13.3. The normalized spacial score (nSPS) is 22.7. The van der Waals surface area contributed by atoms with Crippen LogP contribution in [0.1, 0.15) is 36.8 Å². The van der Waals surface area contributed by atoms with Gasteiger partial charge in [-0.3, -0.25) is 28.8 Å². The van der Waals surface area contributed by atoms with E-state index >= 15 is 0 Å². The number of hydrogen-bond acceptors (Lipinski definition) is 11. The molecule has 17 nitrogen and oxygen atoms in total. The number of phenols is 1. The fourth-order valence-electron chi connectivity index (χ4n) is 6.83. The zero-order valence-electron chi connectivity index (χ0n) is 29.0. The number of nitrogens with zero attached hydrogens (tertiary/aromatic N) is 3. The zero-order valence-corrected chi connectivity index (χ0v) is 29.0. The lowest BCUT2D eigenvalue weighted by molar-refractivity contribution is -0.161. The molecule has 53 heavy (non-hydrogen) atoms. The number of likely N-dealkylation sites (tertiary alicyclic amines) is 1. The van der Waals surface area contributed by atoms with Gasteiger partial charge >= 0.3 is 5.91 Å². The first-order valence-electron chi connectivity index (χ1n) is 17.4. The molecule has 0 unspecified atom stereocenters. The zero-order chi connectivity index (χ0) is 38.1. The number of fused-ring (bicyclic) bond motifs is 1. The molecule has 282 valence electrons. The molecule has 5 rings (SSSR count). The lowest BCUT2D eigenvalue weighted by Crippen LogP contribution is -2.69. The largest absolute Gasteiger partial charge is 0.508 e. The smallest absolute Gasteiger partial charge is 0.304 e. The Morgan fingerprint density at radius 1 is 1.00 bits per heavy atom. The molecule has 3 heterocycles. The Morgan fingerprint density at radius 2 is 1.70 bits per heavy atom. The third-order valence-corrected chi connectivity index (χ3v) is 9.62. The monoisotopic (exact) mass is 731 g/mol. The fraction of sp³-hybridized carbons (Fsp3) is 0.417. The number of nitrogens with one attached hydrogen (secondary N) is 4. The van der Waals surface area contributed by atoms with Crippen LogP contribution in [-0.4, -0.2) is 117 Å². The van der Waals surface area contributed by atoms with Gasteiger partial charge in [-0.1, -0.05) is 48.5 Å². The van der Waals surface area contributed by atoms with Gasteiger partial charge in [0.2, 0.25) is 41.7 Å². The summed E-state index contributed by atoms with van der Waals surface area (Å²) in [5, 5.41) is 31.5.